The Morgan fingerprint density at radius 2 is 2.20 bits per heavy atom. The topological polar surface area (TPSA) is 15.3 Å². The minimum atomic E-state index is 0.167. The van der Waals surface area contributed by atoms with Gasteiger partial charge in [-0.3, -0.25) is 4.90 Å². The summed E-state index contributed by atoms with van der Waals surface area (Å²) in [7, 11) is 4.20. The van der Waals surface area contributed by atoms with Crippen molar-refractivity contribution in [3.8, 4) is 0 Å². The molecule has 0 aromatic carbocycles. The molecule has 15 heavy (non-hydrogen) atoms. The fourth-order valence-corrected chi connectivity index (χ4v) is 2.43. The second-order valence-electron chi connectivity index (χ2n) is 4.74. The van der Waals surface area contributed by atoms with Crippen LogP contribution >= 0.6 is 11.3 Å². The summed E-state index contributed by atoms with van der Waals surface area (Å²) in [4.78, 5) is 3.83. The molecule has 0 aliphatic carbocycles. The van der Waals surface area contributed by atoms with Crippen LogP contribution in [0.3, 0.4) is 0 Å². The Morgan fingerprint density at radius 1 is 1.53 bits per heavy atom. The van der Waals surface area contributed by atoms with Gasteiger partial charge in [-0.2, -0.15) is 0 Å². The smallest absolute Gasteiger partial charge is 0.0411 e. The van der Waals surface area contributed by atoms with Crippen LogP contribution in [0.1, 0.15) is 31.7 Å². The summed E-state index contributed by atoms with van der Waals surface area (Å²) >= 11 is 1.83. The van der Waals surface area contributed by atoms with Crippen molar-refractivity contribution in [2.75, 3.05) is 20.6 Å². The zero-order valence-corrected chi connectivity index (χ0v) is 11.2. The number of likely N-dealkylation sites (N-methyl/N-ethyl adjacent to an activating group) is 2. The molecule has 1 aromatic rings. The van der Waals surface area contributed by atoms with Gasteiger partial charge in [-0.15, -0.1) is 11.3 Å². The third-order valence-corrected chi connectivity index (χ3v) is 3.98. The SMILES string of the molecule is CNC(C)(C)CN(C)C(C)c1cccs1. The van der Waals surface area contributed by atoms with Gasteiger partial charge in [0, 0.05) is 23.0 Å². The molecule has 0 aliphatic heterocycles. The van der Waals surface area contributed by atoms with Crippen LogP contribution in [-0.4, -0.2) is 31.1 Å². The molecule has 0 amide bonds. The highest BCUT2D eigenvalue weighted by molar-refractivity contribution is 7.10. The first-order chi connectivity index (χ1) is 6.96. The van der Waals surface area contributed by atoms with Crippen molar-refractivity contribution in [2.24, 2.45) is 0 Å². The Bertz CT molecular complexity index is 280. The van der Waals surface area contributed by atoms with Gasteiger partial charge in [0.25, 0.3) is 0 Å². The number of hydrogen-bond donors (Lipinski definition) is 1. The minimum Gasteiger partial charge on any atom is -0.314 e. The molecule has 1 aromatic heterocycles. The molecular weight excluding hydrogens is 204 g/mol. The van der Waals surface area contributed by atoms with Crippen molar-refractivity contribution >= 4 is 11.3 Å². The lowest BCUT2D eigenvalue weighted by molar-refractivity contribution is 0.199. The van der Waals surface area contributed by atoms with Gasteiger partial charge in [0.2, 0.25) is 0 Å². The van der Waals surface area contributed by atoms with Crippen molar-refractivity contribution in [1.82, 2.24) is 10.2 Å². The molecule has 0 spiro atoms. The highest BCUT2D eigenvalue weighted by atomic mass is 32.1. The summed E-state index contributed by atoms with van der Waals surface area (Å²) in [6, 6.07) is 4.82. The summed E-state index contributed by atoms with van der Waals surface area (Å²) in [5, 5.41) is 5.48. The van der Waals surface area contributed by atoms with Gasteiger partial charge < -0.3 is 5.32 Å². The first-order valence-corrected chi connectivity index (χ1v) is 6.27. The molecule has 0 aliphatic rings. The number of nitrogens with one attached hydrogen (secondary N) is 1. The van der Waals surface area contributed by atoms with Crippen LogP contribution in [0, 0.1) is 0 Å². The quantitative estimate of drug-likeness (QED) is 0.830. The van der Waals surface area contributed by atoms with Gasteiger partial charge >= 0.3 is 0 Å². The van der Waals surface area contributed by atoms with Crippen LogP contribution in [0.4, 0.5) is 0 Å². The summed E-state index contributed by atoms with van der Waals surface area (Å²) in [5.74, 6) is 0. The van der Waals surface area contributed by atoms with Gasteiger partial charge in [0.1, 0.15) is 0 Å². The highest BCUT2D eigenvalue weighted by Crippen LogP contribution is 2.24. The monoisotopic (exact) mass is 226 g/mol. The molecule has 0 saturated heterocycles. The number of hydrogen-bond acceptors (Lipinski definition) is 3. The van der Waals surface area contributed by atoms with E-state index in [0.717, 1.165) is 6.54 Å². The number of nitrogens with zero attached hydrogens (tertiary/aromatic N) is 1. The predicted molar refractivity (Wildman–Crippen MR) is 68.5 cm³/mol. The van der Waals surface area contributed by atoms with E-state index in [1.807, 2.05) is 18.4 Å². The first-order valence-electron chi connectivity index (χ1n) is 5.39. The first kappa shape index (κ1) is 12.7. The molecule has 1 unspecified atom stereocenters. The molecule has 1 heterocycles. The van der Waals surface area contributed by atoms with Crippen molar-refractivity contribution in [2.45, 2.75) is 32.4 Å². The second-order valence-corrected chi connectivity index (χ2v) is 5.72. The molecule has 86 valence electrons. The molecule has 0 radical (unpaired) electrons. The Kier molecular flexibility index (Phi) is 4.32. The maximum Gasteiger partial charge on any atom is 0.0411 e. The van der Waals surface area contributed by atoms with Crippen molar-refractivity contribution in [3.63, 3.8) is 0 Å². The lowest BCUT2D eigenvalue weighted by Crippen LogP contribution is -2.46. The zero-order chi connectivity index (χ0) is 11.5. The second kappa shape index (κ2) is 5.10. The summed E-state index contributed by atoms with van der Waals surface area (Å²) in [6.45, 7) is 7.76. The van der Waals surface area contributed by atoms with Crippen molar-refractivity contribution in [3.05, 3.63) is 22.4 Å². The standard InChI is InChI=1S/C12H22N2S/c1-10(11-7-6-8-15-11)14(5)9-12(2,3)13-4/h6-8,10,13H,9H2,1-5H3. The Morgan fingerprint density at radius 3 is 2.67 bits per heavy atom. The molecule has 1 N–H and O–H groups in total. The summed E-state index contributed by atoms with van der Waals surface area (Å²) < 4.78 is 0. The van der Waals surface area contributed by atoms with E-state index >= 15 is 0 Å². The van der Waals surface area contributed by atoms with Gasteiger partial charge in [0.15, 0.2) is 0 Å². The third kappa shape index (κ3) is 3.59. The largest absolute Gasteiger partial charge is 0.314 e. The lowest BCUT2D eigenvalue weighted by atomic mass is 10.0. The third-order valence-electron chi connectivity index (χ3n) is 2.94. The number of rotatable bonds is 5. The van der Waals surface area contributed by atoms with Crippen LogP contribution in [0.25, 0.3) is 0 Å². The van der Waals surface area contributed by atoms with E-state index in [-0.39, 0.29) is 5.54 Å². The minimum absolute atomic E-state index is 0.167. The molecule has 2 nitrogen and oxygen atoms in total. The molecule has 1 atom stereocenters. The molecule has 3 heteroatoms. The summed E-state index contributed by atoms with van der Waals surface area (Å²) in [5.41, 5.74) is 0.167. The highest BCUT2D eigenvalue weighted by Gasteiger charge is 2.21. The average molecular weight is 226 g/mol. The Labute approximate surface area is 97.3 Å². The Balaban J connectivity index is 2.58. The fourth-order valence-electron chi connectivity index (χ4n) is 1.59. The predicted octanol–water partition coefficient (Wildman–Crippen LogP) is 2.74. The van der Waals surface area contributed by atoms with E-state index in [9.17, 15) is 0 Å². The Hall–Kier alpha value is -0.380. The summed E-state index contributed by atoms with van der Waals surface area (Å²) in [6.07, 6.45) is 0. The van der Waals surface area contributed by atoms with Crippen LogP contribution in [0.15, 0.2) is 17.5 Å². The van der Waals surface area contributed by atoms with Gasteiger partial charge in [-0.25, -0.2) is 0 Å². The fraction of sp³-hybridized carbons (Fsp3) is 0.667. The number of thiophene rings is 1. The zero-order valence-electron chi connectivity index (χ0n) is 10.4. The van der Waals surface area contributed by atoms with Crippen LogP contribution in [0.5, 0.6) is 0 Å². The van der Waals surface area contributed by atoms with Gasteiger partial charge in [0.05, 0.1) is 0 Å². The average Bonchev–Trinajstić information content (AvgIpc) is 2.68. The van der Waals surface area contributed by atoms with Crippen LogP contribution in [-0.2, 0) is 0 Å². The van der Waals surface area contributed by atoms with Crippen LogP contribution in [0.2, 0.25) is 0 Å². The van der Waals surface area contributed by atoms with E-state index in [0.29, 0.717) is 6.04 Å². The van der Waals surface area contributed by atoms with Crippen molar-refractivity contribution < 1.29 is 0 Å². The lowest BCUT2D eigenvalue weighted by Gasteiger charge is -2.33. The molecule has 1 rings (SSSR count). The van der Waals surface area contributed by atoms with E-state index < -0.39 is 0 Å². The van der Waals surface area contributed by atoms with Gasteiger partial charge in [-0.1, -0.05) is 6.07 Å². The maximum absolute atomic E-state index is 3.33. The molecular formula is C12H22N2S. The van der Waals surface area contributed by atoms with Gasteiger partial charge in [-0.05, 0) is 46.3 Å². The van der Waals surface area contributed by atoms with E-state index in [1.165, 1.54) is 4.88 Å². The maximum atomic E-state index is 3.33. The van der Waals surface area contributed by atoms with E-state index in [2.05, 4.69) is 55.5 Å². The normalized spacial score (nSPS) is 14.5. The molecule has 0 bridgehead atoms. The van der Waals surface area contributed by atoms with E-state index in [1.54, 1.807) is 0 Å². The molecule has 0 fully saturated rings. The van der Waals surface area contributed by atoms with E-state index in [4.69, 9.17) is 0 Å². The van der Waals surface area contributed by atoms with Crippen molar-refractivity contribution in [1.29, 1.82) is 0 Å². The van der Waals surface area contributed by atoms with Crippen LogP contribution < -0.4 is 5.32 Å². The molecule has 0 saturated carbocycles.